The van der Waals surface area contributed by atoms with Crippen molar-refractivity contribution in [1.82, 2.24) is 5.16 Å². The van der Waals surface area contributed by atoms with Crippen LogP contribution in [0, 0.1) is 13.8 Å². The lowest BCUT2D eigenvalue weighted by atomic mass is 10.0. The van der Waals surface area contributed by atoms with Crippen LogP contribution in [0.15, 0.2) is 27.2 Å². The Bertz CT molecular complexity index is 505. The van der Waals surface area contributed by atoms with Crippen LogP contribution >= 0.6 is 15.9 Å². The van der Waals surface area contributed by atoms with Crippen LogP contribution in [0.4, 0.5) is 5.82 Å². The molecule has 1 aromatic heterocycles. The van der Waals surface area contributed by atoms with Crippen LogP contribution in [-0.2, 0) is 0 Å². The molecule has 0 aliphatic heterocycles. The maximum atomic E-state index is 5.65. The Morgan fingerprint density at radius 1 is 1.27 bits per heavy atom. The van der Waals surface area contributed by atoms with Crippen molar-refractivity contribution >= 4 is 21.7 Å². The first-order valence-corrected chi connectivity index (χ1v) is 5.37. The summed E-state index contributed by atoms with van der Waals surface area (Å²) in [5.74, 6) is 1.19. The van der Waals surface area contributed by atoms with Crippen LogP contribution in [0.25, 0.3) is 11.3 Å². The Labute approximate surface area is 96.4 Å². The van der Waals surface area contributed by atoms with Crippen LogP contribution in [0.2, 0.25) is 0 Å². The van der Waals surface area contributed by atoms with Crippen molar-refractivity contribution in [2.75, 3.05) is 5.73 Å². The number of benzene rings is 1. The lowest BCUT2D eigenvalue weighted by Gasteiger charge is -2.04. The number of hydrogen-bond acceptors (Lipinski definition) is 3. The second-order valence-electron chi connectivity index (χ2n) is 3.43. The SMILES string of the molecule is Cc1c(Br)cccc1-c1onc(N)c1C. The second kappa shape index (κ2) is 3.70. The number of nitrogen functional groups attached to an aromatic ring is 1. The molecule has 0 atom stereocenters. The fourth-order valence-corrected chi connectivity index (χ4v) is 1.82. The van der Waals surface area contributed by atoms with Gasteiger partial charge in [-0.15, -0.1) is 0 Å². The highest BCUT2D eigenvalue weighted by atomic mass is 79.9. The van der Waals surface area contributed by atoms with Gasteiger partial charge in [-0.25, -0.2) is 0 Å². The number of nitrogens with two attached hydrogens (primary N) is 1. The molecule has 3 nitrogen and oxygen atoms in total. The fraction of sp³-hybridized carbons (Fsp3) is 0.182. The summed E-state index contributed by atoms with van der Waals surface area (Å²) >= 11 is 3.48. The summed E-state index contributed by atoms with van der Waals surface area (Å²) in [5.41, 5.74) is 8.68. The van der Waals surface area contributed by atoms with Gasteiger partial charge in [-0.1, -0.05) is 33.2 Å². The Balaban J connectivity index is 2.64. The van der Waals surface area contributed by atoms with Gasteiger partial charge in [-0.05, 0) is 25.5 Å². The molecule has 0 unspecified atom stereocenters. The molecule has 0 saturated carbocycles. The van der Waals surface area contributed by atoms with Gasteiger partial charge in [0.15, 0.2) is 11.6 Å². The molecule has 0 amide bonds. The molecular weight excluding hydrogens is 256 g/mol. The third-order valence-corrected chi connectivity index (χ3v) is 3.33. The predicted octanol–water partition coefficient (Wildman–Crippen LogP) is 3.30. The summed E-state index contributed by atoms with van der Waals surface area (Å²) in [7, 11) is 0. The fourth-order valence-electron chi connectivity index (χ4n) is 1.45. The summed E-state index contributed by atoms with van der Waals surface area (Å²) in [4.78, 5) is 0. The summed E-state index contributed by atoms with van der Waals surface area (Å²) in [6.45, 7) is 3.93. The number of anilines is 1. The molecule has 0 bridgehead atoms. The van der Waals surface area contributed by atoms with Gasteiger partial charge in [0.1, 0.15) is 0 Å². The van der Waals surface area contributed by atoms with Crippen molar-refractivity contribution in [3.05, 3.63) is 33.8 Å². The van der Waals surface area contributed by atoms with Gasteiger partial charge in [-0.3, -0.25) is 0 Å². The highest BCUT2D eigenvalue weighted by Crippen LogP contribution is 2.32. The summed E-state index contributed by atoms with van der Waals surface area (Å²) in [6, 6.07) is 5.95. The first-order chi connectivity index (χ1) is 7.11. The van der Waals surface area contributed by atoms with E-state index in [9.17, 15) is 0 Å². The minimum absolute atomic E-state index is 0.448. The Hall–Kier alpha value is -1.29. The van der Waals surface area contributed by atoms with E-state index in [0.29, 0.717) is 5.82 Å². The van der Waals surface area contributed by atoms with E-state index >= 15 is 0 Å². The topological polar surface area (TPSA) is 52.0 Å². The molecule has 78 valence electrons. The van der Waals surface area contributed by atoms with Gasteiger partial charge in [0.2, 0.25) is 0 Å². The van der Waals surface area contributed by atoms with Gasteiger partial charge < -0.3 is 10.3 Å². The second-order valence-corrected chi connectivity index (χ2v) is 4.29. The highest BCUT2D eigenvalue weighted by Gasteiger charge is 2.14. The number of halogens is 1. The van der Waals surface area contributed by atoms with E-state index in [2.05, 4.69) is 21.1 Å². The largest absolute Gasteiger partial charge is 0.381 e. The van der Waals surface area contributed by atoms with Gasteiger partial charge in [0.25, 0.3) is 0 Å². The molecule has 15 heavy (non-hydrogen) atoms. The van der Waals surface area contributed by atoms with E-state index in [1.165, 1.54) is 0 Å². The van der Waals surface area contributed by atoms with Crippen molar-refractivity contribution in [2.45, 2.75) is 13.8 Å². The van der Waals surface area contributed by atoms with Gasteiger partial charge in [0, 0.05) is 15.6 Å². The van der Waals surface area contributed by atoms with E-state index in [1.807, 2.05) is 32.0 Å². The van der Waals surface area contributed by atoms with E-state index in [-0.39, 0.29) is 0 Å². The number of hydrogen-bond donors (Lipinski definition) is 1. The Morgan fingerprint density at radius 3 is 2.60 bits per heavy atom. The summed E-state index contributed by atoms with van der Waals surface area (Å²) in [5, 5.41) is 3.75. The number of rotatable bonds is 1. The van der Waals surface area contributed by atoms with Gasteiger partial charge >= 0.3 is 0 Å². The first kappa shape index (κ1) is 10.2. The molecule has 1 heterocycles. The van der Waals surface area contributed by atoms with E-state index in [4.69, 9.17) is 10.3 Å². The van der Waals surface area contributed by atoms with Crippen LogP contribution in [0.3, 0.4) is 0 Å². The molecule has 0 spiro atoms. The van der Waals surface area contributed by atoms with E-state index in [1.54, 1.807) is 0 Å². The van der Waals surface area contributed by atoms with Crippen LogP contribution < -0.4 is 5.73 Å². The molecule has 2 aromatic rings. The maximum Gasteiger partial charge on any atom is 0.172 e. The smallest absolute Gasteiger partial charge is 0.172 e. The third-order valence-electron chi connectivity index (χ3n) is 2.47. The van der Waals surface area contributed by atoms with Crippen LogP contribution in [-0.4, -0.2) is 5.16 Å². The average molecular weight is 267 g/mol. The molecule has 4 heteroatoms. The van der Waals surface area contributed by atoms with E-state index in [0.717, 1.165) is 26.9 Å². The third kappa shape index (κ3) is 1.65. The van der Waals surface area contributed by atoms with Crippen LogP contribution in [0.5, 0.6) is 0 Å². The van der Waals surface area contributed by atoms with Crippen molar-refractivity contribution in [2.24, 2.45) is 0 Å². The minimum Gasteiger partial charge on any atom is -0.381 e. The monoisotopic (exact) mass is 266 g/mol. The molecular formula is C11H11BrN2O. The normalized spacial score (nSPS) is 10.6. The van der Waals surface area contributed by atoms with Crippen LogP contribution in [0.1, 0.15) is 11.1 Å². The summed E-state index contributed by atoms with van der Waals surface area (Å²) < 4.78 is 6.27. The molecule has 0 fully saturated rings. The molecule has 0 aliphatic carbocycles. The zero-order valence-corrected chi connectivity index (χ0v) is 10.1. The van der Waals surface area contributed by atoms with Crippen molar-refractivity contribution in [3.63, 3.8) is 0 Å². The van der Waals surface area contributed by atoms with E-state index < -0.39 is 0 Å². The lowest BCUT2D eigenvalue weighted by Crippen LogP contribution is -1.88. The maximum absolute atomic E-state index is 5.65. The van der Waals surface area contributed by atoms with Crippen molar-refractivity contribution < 1.29 is 4.52 Å². The van der Waals surface area contributed by atoms with Crippen molar-refractivity contribution in [3.8, 4) is 11.3 Å². The molecule has 0 saturated heterocycles. The first-order valence-electron chi connectivity index (χ1n) is 4.58. The predicted molar refractivity (Wildman–Crippen MR) is 63.5 cm³/mol. The number of aromatic nitrogens is 1. The molecule has 2 N–H and O–H groups in total. The molecule has 0 aliphatic rings. The minimum atomic E-state index is 0.448. The zero-order chi connectivity index (χ0) is 11.0. The van der Waals surface area contributed by atoms with Gasteiger partial charge in [-0.2, -0.15) is 0 Å². The van der Waals surface area contributed by atoms with Gasteiger partial charge in [0.05, 0.1) is 0 Å². The molecule has 0 radical (unpaired) electrons. The molecule has 1 aromatic carbocycles. The Morgan fingerprint density at radius 2 is 2.00 bits per heavy atom. The van der Waals surface area contributed by atoms with Crippen molar-refractivity contribution in [1.29, 1.82) is 0 Å². The summed E-state index contributed by atoms with van der Waals surface area (Å²) in [6.07, 6.45) is 0. The molecule has 2 rings (SSSR count). The standard InChI is InChI=1S/C11H11BrN2O/c1-6-8(4-3-5-9(6)12)10-7(2)11(13)14-15-10/h3-5H,1-2H3,(H2,13,14). The quantitative estimate of drug-likeness (QED) is 0.862. The average Bonchev–Trinajstić information content (AvgIpc) is 2.53. The highest BCUT2D eigenvalue weighted by molar-refractivity contribution is 9.10. The lowest BCUT2D eigenvalue weighted by molar-refractivity contribution is 0.435. The Kier molecular flexibility index (Phi) is 2.52. The number of nitrogens with zero attached hydrogens (tertiary/aromatic N) is 1. The zero-order valence-electron chi connectivity index (χ0n) is 8.54.